The summed E-state index contributed by atoms with van der Waals surface area (Å²) in [5.41, 5.74) is 2.47. The number of anilines is 1. The standard InChI is InChI=1S/C18H25ClN2O2/c1-13-2-3-16(19)10-17(13)21-7-4-14(12-21)11-20-18(22)15-5-8-23-9-6-15/h2-3,10,14-15H,4-9,11-12H2,1H3,(H,20,22). The average molecular weight is 337 g/mol. The van der Waals surface area contributed by atoms with Crippen molar-refractivity contribution in [3.8, 4) is 0 Å². The lowest BCUT2D eigenvalue weighted by Gasteiger charge is -2.23. The Hall–Kier alpha value is -1.26. The molecule has 0 spiro atoms. The molecule has 0 aromatic heterocycles. The first-order valence-corrected chi connectivity index (χ1v) is 8.88. The van der Waals surface area contributed by atoms with Gasteiger partial charge in [-0.3, -0.25) is 4.79 Å². The van der Waals surface area contributed by atoms with Gasteiger partial charge in [0.1, 0.15) is 0 Å². The van der Waals surface area contributed by atoms with E-state index < -0.39 is 0 Å². The highest BCUT2D eigenvalue weighted by Crippen LogP contribution is 2.29. The molecule has 1 amide bonds. The molecule has 2 heterocycles. The van der Waals surface area contributed by atoms with Crippen LogP contribution in [-0.2, 0) is 9.53 Å². The highest BCUT2D eigenvalue weighted by molar-refractivity contribution is 6.30. The van der Waals surface area contributed by atoms with Gasteiger partial charge in [0, 0.05) is 49.5 Å². The van der Waals surface area contributed by atoms with Crippen LogP contribution in [0.15, 0.2) is 18.2 Å². The second kappa shape index (κ2) is 7.54. The number of rotatable bonds is 4. The van der Waals surface area contributed by atoms with Crippen molar-refractivity contribution < 1.29 is 9.53 Å². The van der Waals surface area contributed by atoms with Crippen LogP contribution in [0.3, 0.4) is 0 Å². The number of carbonyl (C=O) groups excluding carboxylic acids is 1. The van der Waals surface area contributed by atoms with Crippen LogP contribution < -0.4 is 10.2 Å². The molecule has 0 bridgehead atoms. The summed E-state index contributed by atoms with van der Waals surface area (Å²) in [5, 5.41) is 3.92. The molecule has 2 fully saturated rings. The maximum atomic E-state index is 12.2. The normalized spacial score (nSPS) is 22.3. The lowest BCUT2D eigenvalue weighted by molar-refractivity contribution is -0.128. The molecule has 126 valence electrons. The van der Waals surface area contributed by atoms with E-state index in [1.807, 2.05) is 12.1 Å². The van der Waals surface area contributed by atoms with E-state index in [1.54, 1.807) is 0 Å². The number of nitrogens with zero attached hydrogens (tertiary/aromatic N) is 1. The van der Waals surface area contributed by atoms with Crippen molar-refractivity contribution in [3.05, 3.63) is 28.8 Å². The zero-order valence-corrected chi connectivity index (χ0v) is 14.4. The number of aryl methyl sites for hydroxylation is 1. The summed E-state index contributed by atoms with van der Waals surface area (Å²) in [4.78, 5) is 14.6. The van der Waals surface area contributed by atoms with E-state index in [9.17, 15) is 4.79 Å². The molecule has 2 aliphatic rings. The fraction of sp³-hybridized carbons (Fsp3) is 0.611. The van der Waals surface area contributed by atoms with Gasteiger partial charge in [0.15, 0.2) is 0 Å². The number of amides is 1. The molecule has 2 aliphatic heterocycles. The minimum Gasteiger partial charge on any atom is -0.381 e. The first-order chi connectivity index (χ1) is 11.1. The van der Waals surface area contributed by atoms with E-state index >= 15 is 0 Å². The summed E-state index contributed by atoms with van der Waals surface area (Å²) in [7, 11) is 0. The smallest absolute Gasteiger partial charge is 0.223 e. The molecule has 0 aliphatic carbocycles. The summed E-state index contributed by atoms with van der Waals surface area (Å²) >= 11 is 6.13. The SMILES string of the molecule is Cc1ccc(Cl)cc1N1CCC(CNC(=O)C2CCOCC2)C1. The molecule has 1 aromatic carbocycles. The van der Waals surface area contributed by atoms with Gasteiger partial charge < -0.3 is 15.0 Å². The van der Waals surface area contributed by atoms with Gasteiger partial charge in [-0.2, -0.15) is 0 Å². The molecule has 23 heavy (non-hydrogen) atoms. The lowest BCUT2D eigenvalue weighted by atomic mass is 9.99. The van der Waals surface area contributed by atoms with Crippen LogP contribution >= 0.6 is 11.6 Å². The van der Waals surface area contributed by atoms with Gasteiger partial charge in [0.2, 0.25) is 5.91 Å². The Balaban J connectivity index is 1.50. The van der Waals surface area contributed by atoms with Crippen molar-refractivity contribution in [2.24, 2.45) is 11.8 Å². The number of nitrogens with one attached hydrogen (secondary N) is 1. The summed E-state index contributed by atoms with van der Waals surface area (Å²) in [6.45, 7) is 6.32. The van der Waals surface area contributed by atoms with Crippen molar-refractivity contribution in [1.82, 2.24) is 5.32 Å². The zero-order chi connectivity index (χ0) is 16.2. The van der Waals surface area contributed by atoms with Crippen LogP contribution in [0.5, 0.6) is 0 Å². The number of carbonyl (C=O) groups is 1. The molecule has 1 N–H and O–H groups in total. The third-order valence-electron chi connectivity index (χ3n) is 4.95. The van der Waals surface area contributed by atoms with Gasteiger partial charge in [-0.15, -0.1) is 0 Å². The Morgan fingerprint density at radius 3 is 2.91 bits per heavy atom. The van der Waals surface area contributed by atoms with Gasteiger partial charge in [-0.05, 0) is 49.8 Å². The van der Waals surface area contributed by atoms with Crippen LogP contribution in [0.1, 0.15) is 24.8 Å². The Labute approximate surface area is 143 Å². The number of hydrogen-bond acceptors (Lipinski definition) is 3. The average Bonchev–Trinajstić information content (AvgIpc) is 3.04. The van der Waals surface area contributed by atoms with E-state index in [4.69, 9.17) is 16.3 Å². The second-order valence-corrected chi connectivity index (χ2v) is 7.10. The van der Waals surface area contributed by atoms with Gasteiger partial charge in [-0.25, -0.2) is 0 Å². The summed E-state index contributed by atoms with van der Waals surface area (Å²) in [6, 6.07) is 6.04. The molecule has 5 heteroatoms. The van der Waals surface area contributed by atoms with Crippen LogP contribution in [0.4, 0.5) is 5.69 Å². The first kappa shape index (κ1) is 16.6. The zero-order valence-electron chi connectivity index (χ0n) is 13.7. The van der Waals surface area contributed by atoms with Gasteiger partial charge in [0.25, 0.3) is 0 Å². The van der Waals surface area contributed by atoms with E-state index in [0.717, 1.165) is 43.9 Å². The molecular weight excluding hydrogens is 312 g/mol. The van der Waals surface area contributed by atoms with Crippen molar-refractivity contribution >= 4 is 23.2 Å². The Kier molecular flexibility index (Phi) is 5.44. The quantitative estimate of drug-likeness (QED) is 0.919. The lowest BCUT2D eigenvalue weighted by Crippen LogP contribution is -2.37. The maximum Gasteiger partial charge on any atom is 0.223 e. The van der Waals surface area contributed by atoms with E-state index in [1.165, 1.54) is 11.3 Å². The maximum absolute atomic E-state index is 12.2. The molecule has 0 radical (unpaired) electrons. The summed E-state index contributed by atoms with van der Waals surface area (Å²) < 4.78 is 5.31. The van der Waals surface area contributed by atoms with Crippen LogP contribution in [0.2, 0.25) is 5.02 Å². The third kappa shape index (κ3) is 4.18. The van der Waals surface area contributed by atoms with Gasteiger partial charge in [0.05, 0.1) is 0 Å². The molecule has 0 saturated carbocycles. The molecular formula is C18H25ClN2O2. The van der Waals surface area contributed by atoms with Crippen molar-refractivity contribution in [2.45, 2.75) is 26.2 Å². The Bertz CT molecular complexity index is 558. The highest BCUT2D eigenvalue weighted by atomic mass is 35.5. The minimum atomic E-state index is 0.136. The Morgan fingerprint density at radius 1 is 1.35 bits per heavy atom. The van der Waals surface area contributed by atoms with Crippen molar-refractivity contribution in [2.75, 3.05) is 37.7 Å². The second-order valence-electron chi connectivity index (χ2n) is 6.66. The number of ether oxygens (including phenoxy) is 1. The highest BCUT2D eigenvalue weighted by Gasteiger charge is 2.26. The van der Waals surface area contributed by atoms with E-state index in [2.05, 4.69) is 23.2 Å². The fourth-order valence-electron chi connectivity index (χ4n) is 3.49. The molecule has 2 saturated heterocycles. The van der Waals surface area contributed by atoms with E-state index in [0.29, 0.717) is 19.1 Å². The minimum absolute atomic E-state index is 0.136. The van der Waals surface area contributed by atoms with Crippen LogP contribution in [0.25, 0.3) is 0 Å². The monoisotopic (exact) mass is 336 g/mol. The predicted molar refractivity (Wildman–Crippen MR) is 93.1 cm³/mol. The molecule has 3 rings (SSSR count). The van der Waals surface area contributed by atoms with E-state index in [-0.39, 0.29) is 11.8 Å². The predicted octanol–water partition coefficient (Wildman–Crippen LogP) is 3.02. The number of halogens is 1. The molecule has 1 aromatic rings. The fourth-order valence-corrected chi connectivity index (χ4v) is 3.66. The summed E-state index contributed by atoms with van der Waals surface area (Å²) in [5.74, 6) is 0.847. The molecule has 1 unspecified atom stereocenters. The molecule has 4 nitrogen and oxygen atoms in total. The van der Waals surface area contributed by atoms with Crippen LogP contribution in [0, 0.1) is 18.8 Å². The summed E-state index contributed by atoms with van der Waals surface area (Å²) in [6.07, 6.45) is 2.81. The topological polar surface area (TPSA) is 41.6 Å². The molecule has 1 atom stereocenters. The largest absolute Gasteiger partial charge is 0.381 e. The first-order valence-electron chi connectivity index (χ1n) is 8.50. The number of benzene rings is 1. The Morgan fingerprint density at radius 2 is 2.13 bits per heavy atom. The van der Waals surface area contributed by atoms with Gasteiger partial charge >= 0.3 is 0 Å². The van der Waals surface area contributed by atoms with Crippen molar-refractivity contribution in [3.63, 3.8) is 0 Å². The number of hydrogen-bond donors (Lipinski definition) is 1. The van der Waals surface area contributed by atoms with Crippen molar-refractivity contribution in [1.29, 1.82) is 0 Å². The third-order valence-corrected chi connectivity index (χ3v) is 5.19. The van der Waals surface area contributed by atoms with Gasteiger partial charge in [-0.1, -0.05) is 17.7 Å². The van der Waals surface area contributed by atoms with Crippen LogP contribution in [-0.4, -0.2) is 38.8 Å².